The Kier molecular flexibility index (Phi) is 6.88. The van der Waals surface area contributed by atoms with Crippen molar-refractivity contribution in [1.82, 2.24) is 0 Å². The van der Waals surface area contributed by atoms with Crippen LogP contribution in [0.15, 0.2) is 83.8 Å². The number of anilines is 2. The SMILES string of the molecule is CCc1ccccc1NC(=O)CN(c1cccc(C(F)(F)F)c1)S(=O)(=O)c1ccccc1. The molecule has 0 aliphatic rings. The third-order valence-corrected chi connectivity index (χ3v) is 6.54. The smallest absolute Gasteiger partial charge is 0.324 e. The van der Waals surface area contributed by atoms with Crippen molar-refractivity contribution in [3.05, 3.63) is 90.0 Å². The first kappa shape index (κ1) is 23.3. The molecule has 168 valence electrons. The first-order chi connectivity index (χ1) is 15.1. The number of para-hydroxylation sites is 1. The Labute approximate surface area is 184 Å². The second-order valence-corrected chi connectivity index (χ2v) is 8.79. The maximum absolute atomic E-state index is 13.3. The van der Waals surface area contributed by atoms with Gasteiger partial charge in [0.05, 0.1) is 16.1 Å². The van der Waals surface area contributed by atoms with Gasteiger partial charge in [-0.2, -0.15) is 13.2 Å². The lowest BCUT2D eigenvalue weighted by molar-refractivity contribution is -0.137. The third-order valence-electron chi connectivity index (χ3n) is 4.75. The lowest BCUT2D eigenvalue weighted by atomic mass is 10.1. The number of halogens is 3. The van der Waals surface area contributed by atoms with Crippen LogP contribution in [0.3, 0.4) is 0 Å². The molecule has 3 aromatic rings. The molecule has 0 saturated heterocycles. The summed E-state index contributed by atoms with van der Waals surface area (Å²) in [6, 6.07) is 18.2. The number of hydrogen-bond donors (Lipinski definition) is 1. The van der Waals surface area contributed by atoms with Gasteiger partial charge in [0.25, 0.3) is 10.0 Å². The van der Waals surface area contributed by atoms with Crippen molar-refractivity contribution >= 4 is 27.3 Å². The molecule has 0 bridgehead atoms. The van der Waals surface area contributed by atoms with E-state index in [2.05, 4.69) is 5.32 Å². The Balaban J connectivity index is 2.01. The van der Waals surface area contributed by atoms with Gasteiger partial charge in [-0.15, -0.1) is 0 Å². The van der Waals surface area contributed by atoms with E-state index < -0.39 is 34.2 Å². The first-order valence-corrected chi connectivity index (χ1v) is 11.2. The molecule has 0 aromatic heterocycles. The van der Waals surface area contributed by atoms with Gasteiger partial charge in [0.15, 0.2) is 0 Å². The molecule has 5 nitrogen and oxygen atoms in total. The van der Waals surface area contributed by atoms with Crippen LogP contribution in [0.2, 0.25) is 0 Å². The molecule has 3 rings (SSSR count). The number of alkyl halides is 3. The minimum Gasteiger partial charge on any atom is -0.324 e. The number of rotatable bonds is 7. The molecule has 1 amide bonds. The van der Waals surface area contributed by atoms with Crippen LogP contribution in [0.25, 0.3) is 0 Å². The second kappa shape index (κ2) is 9.44. The van der Waals surface area contributed by atoms with Gasteiger partial charge < -0.3 is 5.32 Å². The van der Waals surface area contributed by atoms with E-state index in [1.807, 2.05) is 19.1 Å². The van der Waals surface area contributed by atoms with Gasteiger partial charge in [0, 0.05) is 5.69 Å². The van der Waals surface area contributed by atoms with Crippen molar-refractivity contribution < 1.29 is 26.4 Å². The predicted molar refractivity (Wildman–Crippen MR) is 117 cm³/mol. The van der Waals surface area contributed by atoms with E-state index in [1.54, 1.807) is 18.2 Å². The molecule has 1 N–H and O–H groups in total. The zero-order valence-corrected chi connectivity index (χ0v) is 18.0. The topological polar surface area (TPSA) is 66.5 Å². The Bertz CT molecular complexity index is 1200. The van der Waals surface area contributed by atoms with E-state index in [0.717, 1.165) is 17.7 Å². The van der Waals surface area contributed by atoms with Gasteiger partial charge in [0.1, 0.15) is 6.54 Å². The van der Waals surface area contributed by atoms with Crippen LogP contribution in [0, 0.1) is 0 Å². The Morgan fingerprint density at radius 3 is 2.25 bits per heavy atom. The lowest BCUT2D eigenvalue weighted by Gasteiger charge is -2.25. The number of nitrogens with zero attached hydrogens (tertiary/aromatic N) is 1. The zero-order valence-electron chi connectivity index (χ0n) is 17.1. The van der Waals surface area contributed by atoms with Crippen molar-refractivity contribution in [1.29, 1.82) is 0 Å². The summed E-state index contributed by atoms with van der Waals surface area (Å²) in [5.74, 6) is -0.678. The number of aryl methyl sites for hydroxylation is 1. The van der Waals surface area contributed by atoms with Gasteiger partial charge in [-0.3, -0.25) is 9.10 Å². The van der Waals surface area contributed by atoms with Crippen molar-refractivity contribution in [2.75, 3.05) is 16.2 Å². The molecule has 9 heteroatoms. The highest BCUT2D eigenvalue weighted by molar-refractivity contribution is 7.92. The fourth-order valence-corrected chi connectivity index (χ4v) is 4.58. The van der Waals surface area contributed by atoms with Crippen molar-refractivity contribution in [2.24, 2.45) is 0 Å². The molecule has 0 aliphatic carbocycles. The van der Waals surface area contributed by atoms with Crippen LogP contribution in [0.1, 0.15) is 18.1 Å². The van der Waals surface area contributed by atoms with E-state index in [-0.39, 0.29) is 10.6 Å². The van der Waals surface area contributed by atoms with E-state index in [4.69, 9.17) is 0 Å². The second-order valence-electron chi connectivity index (χ2n) is 6.93. The quantitative estimate of drug-likeness (QED) is 0.531. The van der Waals surface area contributed by atoms with Crippen molar-refractivity contribution in [2.45, 2.75) is 24.4 Å². The molecule has 0 saturated carbocycles. The Morgan fingerprint density at radius 1 is 0.938 bits per heavy atom. The minimum atomic E-state index is -4.67. The summed E-state index contributed by atoms with van der Waals surface area (Å²) in [5.41, 5.74) is 0.0843. The first-order valence-electron chi connectivity index (χ1n) is 9.75. The fourth-order valence-electron chi connectivity index (χ4n) is 3.14. The highest BCUT2D eigenvalue weighted by Gasteiger charge is 2.33. The largest absolute Gasteiger partial charge is 0.416 e. The van der Waals surface area contributed by atoms with E-state index in [9.17, 15) is 26.4 Å². The highest BCUT2D eigenvalue weighted by atomic mass is 32.2. The molecule has 0 fully saturated rings. The molecule has 0 unspecified atom stereocenters. The summed E-state index contributed by atoms with van der Waals surface area (Å²) in [6.45, 7) is 1.20. The Morgan fingerprint density at radius 2 is 1.59 bits per heavy atom. The average molecular weight is 462 g/mol. The summed E-state index contributed by atoms with van der Waals surface area (Å²) in [7, 11) is -4.31. The van der Waals surface area contributed by atoms with Crippen molar-refractivity contribution in [3.8, 4) is 0 Å². The minimum absolute atomic E-state index is 0.140. The molecular formula is C23H21F3N2O3S. The number of sulfonamides is 1. The number of nitrogens with one attached hydrogen (secondary N) is 1. The van der Waals surface area contributed by atoms with Gasteiger partial charge in [-0.05, 0) is 48.4 Å². The number of carbonyl (C=O) groups excluding carboxylic acids is 1. The molecule has 0 heterocycles. The molecule has 32 heavy (non-hydrogen) atoms. The molecule has 0 radical (unpaired) electrons. The third kappa shape index (κ3) is 5.28. The maximum Gasteiger partial charge on any atom is 0.416 e. The number of benzene rings is 3. The monoisotopic (exact) mass is 462 g/mol. The van der Waals surface area contributed by atoms with Crippen molar-refractivity contribution in [3.63, 3.8) is 0 Å². The van der Waals surface area contributed by atoms with Crippen LogP contribution in [-0.2, 0) is 27.4 Å². The molecule has 3 aromatic carbocycles. The molecule has 0 spiro atoms. The summed E-state index contributed by atoms with van der Waals surface area (Å²) in [4.78, 5) is 12.6. The van der Waals surface area contributed by atoms with Gasteiger partial charge >= 0.3 is 6.18 Å². The van der Waals surface area contributed by atoms with Gasteiger partial charge in [0.2, 0.25) is 5.91 Å². The molecule has 0 aliphatic heterocycles. The summed E-state index contributed by atoms with van der Waals surface area (Å²) < 4.78 is 66.9. The van der Waals surface area contributed by atoms with E-state index >= 15 is 0 Å². The number of carbonyl (C=O) groups is 1. The number of amides is 1. The predicted octanol–water partition coefficient (Wildman–Crippen LogP) is 5.10. The maximum atomic E-state index is 13.3. The molecular weight excluding hydrogens is 441 g/mol. The van der Waals surface area contributed by atoms with Gasteiger partial charge in [-0.25, -0.2) is 8.42 Å². The van der Waals surface area contributed by atoms with Crippen LogP contribution >= 0.6 is 0 Å². The van der Waals surface area contributed by atoms with Crippen LogP contribution in [0.5, 0.6) is 0 Å². The summed E-state index contributed by atoms with van der Waals surface area (Å²) in [6.07, 6.45) is -4.03. The van der Waals surface area contributed by atoms with Crippen LogP contribution < -0.4 is 9.62 Å². The fraction of sp³-hybridized carbons (Fsp3) is 0.174. The standard InChI is InChI=1S/C23H21F3N2O3S/c1-2-17-9-6-7-14-21(17)27-22(29)16-28(32(30,31)20-12-4-3-5-13-20)19-11-8-10-18(15-19)23(24,25)26/h3-15H,2,16H2,1H3,(H,27,29). The van der Waals surface area contributed by atoms with E-state index in [1.165, 1.54) is 30.3 Å². The highest BCUT2D eigenvalue weighted by Crippen LogP contribution is 2.33. The normalized spacial score (nSPS) is 11.8. The lowest BCUT2D eigenvalue weighted by Crippen LogP contribution is -2.38. The average Bonchev–Trinajstić information content (AvgIpc) is 2.78. The van der Waals surface area contributed by atoms with Crippen LogP contribution in [-0.4, -0.2) is 20.9 Å². The van der Waals surface area contributed by atoms with E-state index in [0.29, 0.717) is 22.5 Å². The Hall–Kier alpha value is -3.33. The van der Waals surface area contributed by atoms with Gasteiger partial charge in [-0.1, -0.05) is 49.4 Å². The number of hydrogen-bond acceptors (Lipinski definition) is 3. The summed E-state index contributed by atoms with van der Waals surface area (Å²) in [5, 5.41) is 2.66. The summed E-state index contributed by atoms with van der Waals surface area (Å²) >= 11 is 0. The molecule has 0 atom stereocenters. The zero-order chi connectivity index (χ0) is 23.4. The van der Waals surface area contributed by atoms with Crippen LogP contribution in [0.4, 0.5) is 24.5 Å².